The van der Waals surface area contributed by atoms with Crippen LogP contribution in [-0.2, 0) is 6.54 Å². The Morgan fingerprint density at radius 2 is 1.87 bits per heavy atom. The van der Waals surface area contributed by atoms with E-state index in [0.717, 1.165) is 55.7 Å². The molecule has 0 spiro atoms. The average Bonchev–Trinajstić information content (AvgIpc) is 3.18. The number of benzene rings is 2. The molecule has 5 heteroatoms. The highest BCUT2D eigenvalue weighted by Gasteiger charge is 2.20. The molecule has 1 fully saturated rings. The van der Waals surface area contributed by atoms with Crippen LogP contribution in [0.25, 0.3) is 10.9 Å². The van der Waals surface area contributed by atoms with E-state index in [1.54, 1.807) is 7.11 Å². The van der Waals surface area contributed by atoms with E-state index in [2.05, 4.69) is 53.3 Å². The topological polar surface area (TPSA) is 57.4 Å². The standard InChI is InChI=1S/C25H31N3O2/c1-17-12-18(2)22-14-24(27-23(22)13-17)25(29)26-15-19-8-10-28(11-9-19)16-20-4-6-21(30-3)7-5-20/h4-7,12-14,19,27H,8-11,15-16H2,1-3H3,(H,26,29). The van der Waals surface area contributed by atoms with Gasteiger partial charge in [0.2, 0.25) is 0 Å². The van der Waals surface area contributed by atoms with Crippen molar-refractivity contribution in [2.75, 3.05) is 26.7 Å². The van der Waals surface area contributed by atoms with E-state index < -0.39 is 0 Å². The number of ether oxygens (including phenoxy) is 1. The van der Waals surface area contributed by atoms with Gasteiger partial charge in [-0.2, -0.15) is 0 Å². The van der Waals surface area contributed by atoms with Crippen LogP contribution in [0.15, 0.2) is 42.5 Å². The predicted octanol–water partition coefficient (Wildman–Crippen LogP) is 4.44. The summed E-state index contributed by atoms with van der Waals surface area (Å²) in [5, 5.41) is 4.26. The molecule has 1 amide bonds. The van der Waals surface area contributed by atoms with Gasteiger partial charge in [-0.3, -0.25) is 9.69 Å². The molecule has 1 aromatic heterocycles. The van der Waals surface area contributed by atoms with Gasteiger partial charge < -0.3 is 15.0 Å². The van der Waals surface area contributed by atoms with Crippen LogP contribution in [0, 0.1) is 19.8 Å². The van der Waals surface area contributed by atoms with Crippen LogP contribution in [0.2, 0.25) is 0 Å². The van der Waals surface area contributed by atoms with E-state index in [0.29, 0.717) is 11.6 Å². The van der Waals surface area contributed by atoms with E-state index in [9.17, 15) is 4.79 Å². The van der Waals surface area contributed by atoms with Gasteiger partial charge in [-0.25, -0.2) is 0 Å². The molecule has 3 aromatic rings. The number of carbonyl (C=O) groups is 1. The highest BCUT2D eigenvalue weighted by molar-refractivity contribution is 5.99. The van der Waals surface area contributed by atoms with E-state index in [1.165, 1.54) is 16.7 Å². The molecule has 1 saturated heterocycles. The molecular formula is C25H31N3O2. The number of aromatic nitrogens is 1. The Kier molecular flexibility index (Phi) is 6.09. The summed E-state index contributed by atoms with van der Waals surface area (Å²) >= 11 is 0. The number of likely N-dealkylation sites (tertiary alicyclic amines) is 1. The summed E-state index contributed by atoms with van der Waals surface area (Å²) in [7, 11) is 1.69. The third-order valence-corrected chi connectivity index (χ3v) is 6.16. The van der Waals surface area contributed by atoms with Gasteiger partial charge in [0.1, 0.15) is 11.4 Å². The normalized spacial score (nSPS) is 15.4. The minimum absolute atomic E-state index is 0.0103. The van der Waals surface area contributed by atoms with Gasteiger partial charge in [0.15, 0.2) is 0 Å². The lowest BCUT2D eigenvalue weighted by Crippen LogP contribution is -2.38. The number of nitrogens with zero attached hydrogens (tertiary/aromatic N) is 1. The van der Waals surface area contributed by atoms with Gasteiger partial charge in [0.05, 0.1) is 7.11 Å². The third-order valence-electron chi connectivity index (χ3n) is 6.16. The number of methoxy groups -OCH3 is 1. The van der Waals surface area contributed by atoms with Gasteiger partial charge in [-0.05, 0) is 86.7 Å². The zero-order valence-electron chi connectivity index (χ0n) is 18.1. The fourth-order valence-corrected chi connectivity index (χ4v) is 4.39. The molecule has 1 aliphatic rings. The minimum atomic E-state index is -0.0103. The van der Waals surface area contributed by atoms with Crippen molar-refractivity contribution >= 4 is 16.8 Å². The summed E-state index contributed by atoms with van der Waals surface area (Å²) in [4.78, 5) is 18.4. The van der Waals surface area contributed by atoms with E-state index >= 15 is 0 Å². The molecule has 30 heavy (non-hydrogen) atoms. The van der Waals surface area contributed by atoms with Crippen molar-refractivity contribution in [3.05, 3.63) is 64.8 Å². The number of carbonyl (C=O) groups excluding carboxylic acids is 1. The summed E-state index contributed by atoms with van der Waals surface area (Å²) in [6.45, 7) is 8.01. The smallest absolute Gasteiger partial charge is 0.267 e. The Morgan fingerprint density at radius 3 is 2.57 bits per heavy atom. The first-order valence-corrected chi connectivity index (χ1v) is 10.8. The molecule has 2 heterocycles. The molecule has 0 atom stereocenters. The van der Waals surface area contributed by atoms with Crippen LogP contribution in [0.4, 0.5) is 0 Å². The fraction of sp³-hybridized carbons (Fsp3) is 0.400. The van der Waals surface area contributed by atoms with Crippen molar-refractivity contribution in [1.29, 1.82) is 0 Å². The van der Waals surface area contributed by atoms with Gasteiger partial charge in [-0.1, -0.05) is 18.2 Å². The van der Waals surface area contributed by atoms with E-state index in [1.807, 2.05) is 18.2 Å². The van der Waals surface area contributed by atoms with Gasteiger partial charge >= 0.3 is 0 Å². The van der Waals surface area contributed by atoms with Crippen LogP contribution in [0.3, 0.4) is 0 Å². The van der Waals surface area contributed by atoms with Crippen LogP contribution < -0.4 is 10.1 Å². The van der Waals surface area contributed by atoms with Crippen molar-refractivity contribution < 1.29 is 9.53 Å². The zero-order valence-corrected chi connectivity index (χ0v) is 18.1. The number of nitrogens with one attached hydrogen (secondary N) is 2. The predicted molar refractivity (Wildman–Crippen MR) is 121 cm³/mol. The lowest BCUT2D eigenvalue weighted by molar-refractivity contribution is 0.0931. The molecule has 0 aliphatic carbocycles. The lowest BCUT2D eigenvalue weighted by atomic mass is 9.96. The second kappa shape index (κ2) is 8.92. The Balaban J connectivity index is 1.26. The Hall–Kier alpha value is -2.79. The van der Waals surface area contributed by atoms with Crippen LogP contribution in [0.1, 0.15) is 40.0 Å². The molecule has 2 N–H and O–H groups in total. The van der Waals surface area contributed by atoms with Crippen molar-refractivity contribution in [2.45, 2.75) is 33.2 Å². The summed E-state index contributed by atoms with van der Waals surface area (Å²) in [5.74, 6) is 1.42. The first-order valence-electron chi connectivity index (χ1n) is 10.8. The molecule has 5 nitrogen and oxygen atoms in total. The third kappa shape index (κ3) is 4.68. The molecule has 0 bridgehead atoms. The molecule has 4 rings (SSSR count). The highest BCUT2D eigenvalue weighted by Crippen LogP contribution is 2.22. The van der Waals surface area contributed by atoms with Crippen LogP contribution in [-0.4, -0.2) is 42.5 Å². The highest BCUT2D eigenvalue weighted by atomic mass is 16.5. The van der Waals surface area contributed by atoms with E-state index in [-0.39, 0.29) is 5.91 Å². The molecular weight excluding hydrogens is 374 g/mol. The maximum absolute atomic E-state index is 12.6. The summed E-state index contributed by atoms with van der Waals surface area (Å²) < 4.78 is 5.23. The average molecular weight is 406 g/mol. The molecule has 0 unspecified atom stereocenters. The van der Waals surface area contributed by atoms with Crippen molar-refractivity contribution in [3.8, 4) is 5.75 Å². The second-order valence-electron chi connectivity index (χ2n) is 8.50. The van der Waals surface area contributed by atoms with Crippen molar-refractivity contribution in [3.63, 3.8) is 0 Å². The summed E-state index contributed by atoms with van der Waals surface area (Å²) in [6, 6.07) is 14.5. The number of aryl methyl sites for hydroxylation is 2. The van der Waals surface area contributed by atoms with Crippen LogP contribution in [0.5, 0.6) is 5.75 Å². The number of hydrogen-bond acceptors (Lipinski definition) is 3. The van der Waals surface area contributed by atoms with Crippen molar-refractivity contribution in [1.82, 2.24) is 15.2 Å². The number of hydrogen-bond donors (Lipinski definition) is 2. The zero-order chi connectivity index (χ0) is 21.1. The van der Waals surface area contributed by atoms with Crippen LogP contribution >= 0.6 is 0 Å². The first-order chi connectivity index (χ1) is 14.5. The monoisotopic (exact) mass is 405 g/mol. The number of aromatic amines is 1. The van der Waals surface area contributed by atoms with Crippen molar-refractivity contribution in [2.24, 2.45) is 5.92 Å². The van der Waals surface area contributed by atoms with Gasteiger partial charge in [0.25, 0.3) is 5.91 Å². The lowest BCUT2D eigenvalue weighted by Gasteiger charge is -2.32. The summed E-state index contributed by atoms with van der Waals surface area (Å²) in [5.41, 5.74) is 5.40. The molecule has 1 aliphatic heterocycles. The fourth-order valence-electron chi connectivity index (χ4n) is 4.39. The maximum atomic E-state index is 12.6. The maximum Gasteiger partial charge on any atom is 0.267 e. The number of H-pyrrole nitrogens is 1. The number of piperidine rings is 1. The Morgan fingerprint density at radius 1 is 1.13 bits per heavy atom. The Bertz CT molecular complexity index is 1010. The number of fused-ring (bicyclic) bond motifs is 1. The molecule has 158 valence electrons. The second-order valence-corrected chi connectivity index (χ2v) is 8.50. The largest absolute Gasteiger partial charge is 0.497 e. The SMILES string of the molecule is COc1ccc(CN2CCC(CNC(=O)c3cc4c(C)cc(C)cc4[nH]3)CC2)cc1. The number of amides is 1. The molecule has 0 radical (unpaired) electrons. The summed E-state index contributed by atoms with van der Waals surface area (Å²) in [6.07, 6.45) is 2.23. The first kappa shape index (κ1) is 20.5. The van der Waals surface area contributed by atoms with Gasteiger partial charge in [-0.15, -0.1) is 0 Å². The minimum Gasteiger partial charge on any atom is -0.497 e. The number of rotatable bonds is 6. The molecule has 2 aromatic carbocycles. The molecule has 0 saturated carbocycles. The van der Waals surface area contributed by atoms with E-state index in [4.69, 9.17) is 4.74 Å². The Labute approximate surface area is 178 Å². The quantitative estimate of drug-likeness (QED) is 0.638. The van der Waals surface area contributed by atoms with Gasteiger partial charge in [0, 0.05) is 24.0 Å².